The van der Waals surface area contributed by atoms with Crippen molar-refractivity contribution >= 4 is 11.9 Å². The summed E-state index contributed by atoms with van der Waals surface area (Å²) in [6, 6.07) is 0. The third kappa shape index (κ3) is 7.90. The molecule has 0 bridgehead atoms. The highest BCUT2D eigenvalue weighted by atomic mass is 16.2. The summed E-state index contributed by atoms with van der Waals surface area (Å²) in [7, 11) is 3.89. The lowest BCUT2D eigenvalue weighted by Crippen LogP contribution is -2.49. The Bertz CT molecular complexity index is 362. The van der Waals surface area contributed by atoms with Crippen LogP contribution in [0.2, 0.25) is 0 Å². The Morgan fingerprint density at radius 1 is 1.33 bits per heavy atom. The maximum atomic E-state index is 11.8. The third-order valence-electron chi connectivity index (χ3n) is 3.43. The molecule has 1 saturated heterocycles. The predicted octanol–water partition coefficient (Wildman–Crippen LogP) is 0.408. The number of carbonyl (C=O) groups excluding carboxylic acids is 1. The first kappa shape index (κ1) is 17.8. The van der Waals surface area contributed by atoms with Gasteiger partial charge in [0.2, 0.25) is 5.91 Å². The van der Waals surface area contributed by atoms with E-state index in [-0.39, 0.29) is 18.0 Å². The average molecular weight is 297 g/mol. The number of nitrogens with zero attached hydrogens (tertiary/aromatic N) is 2. The fourth-order valence-electron chi connectivity index (χ4n) is 2.53. The number of carbonyl (C=O) groups is 1. The molecular weight excluding hydrogens is 266 g/mol. The molecule has 1 rings (SSSR count). The first-order valence-electron chi connectivity index (χ1n) is 7.74. The second-order valence-corrected chi connectivity index (χ2v) is 6.88. The van der Waals surface area contributed by atoms with Gasteiger partial charge in [0, 0.05) is 25.7 Å². The molecule has 122 valence electrons. The van der Waals surface area contributed by atoms with Crippen molar-refractivity contribution in [2.24, 2.45) is 10.9 Å². The van der Waals surface area contributed by atoms with Crippen LogP contribution < -0.4 is 16.0 Å². The zero-order valence-corrected chi connectivity index (χ0v) is 14.1. The molecule has 0 radical (unpaired) electrons. The van der Waals surface area contributed by atoms with Crippen LogP contribution in [0.4, 0.5) is 0 Å². The first-order chi connectivity index (χ1) is 9.80. The maximum Gasteiger partial charge on any atom is 0.239 e. The molecule has 1 aliphatic heterocycles. The number of amides is 1. The molecule has 6 heteroatoms. The van der Waals surface area contributed by atoms with Crippen LogP contribution in [0.15, 0.2) is 4.99 Å². The summed E-state index contributed by atoms with van der Waals surface area (Å²) in [5.74, 6) is 1.31. The number of hydrogen-bond acceptors (Lipinski definition) is 3. The number of likely N-dealkylation sites (tertiary alicyclic amines) is 1. The Hall–Kier alpha value is -1.30. The fraction of sp³-hybridized carbons (Fsp3) is 0.867. The lowest BCUT2D eigenvalue weighted by molar-refractivity contribution is -0.121. The number of piperidine rings is 1. The topological polar surface area (TPSA) is 68.8 Å². The van der Waals surface area contributed by atoms with E-state index in [1.165, 1.54) is 19.4 Å². The minimum atomic E-state index is -0.206. The van der Waals surface area contributed by atoms with Gasteiger partial charge in [-0.15, -0.1) is 0 Å². The quantitative estimate of drug-likeness (QED) is 0.519. The highest BCUT2D eigenvalue weighted by molar-refractivity contribution is 5.86. The monoisotopic (exact) mass is 297 g/mol. The minimum Gasteiger partial charge on any atom is -0.356 e. The van der Waals surface area contributed by atoms with E-state index in [1.54, 1.807) is 7.05 Å². The molecule has 0 spiro atoms. The zero-order chi connectivity index (χ0) is 15.9. The molecule has 1 aliphatic rings. The van der Waals surface area contributed by atoms with Gasteiger partial charge in [0.15, 0.2) is 5.96 Å². The van der Waals surface area contributed by atoms with E-state index in [9.17, 15) is 4.79 Å². The molecule has 0 aromatic carbocycles. The summed E-state index contributed by atoms with van der Waals surface area (Å²) in [5, 5.41) is 9.28. The van der Waals surface area contributed by atoms with E-state index in [0.717, 1.165) is 13.1 Å². The Labute approximate surface area is 128 Å². The highest BCUT2D eigenvalue weighted by Crippen LogP contribution is 2.13. The lowest BCUT2D eigenvalue weighted by atomic mass is 9.99. The van der Waals surface area contributed by atoms with E-state index in [2.05, 4.69) is 32.9 Å². The summed E-state index contributed by atoms with van der Waals surface area (Å²) in [5.41, 5.74) is -0.206. The van der Waals surface area contributed by atoms with Crippen molar-refractivity contribution in [2.45, 2.75) is 39.2 Å². The zero-order valence-electron chi connectivity index (χ0n) is 14.1. The van der Waals surface area contributed by atoms with Gasteiger partial charge in [0.05, 0.1) is 6.54 Å². The van der Waals surface area contributed by atoms with E-state index in [1.807, 2.05) is 20.8 Å². The SMILES string of the molecule is CN=C(NCC(=O)NC(C)(C)C)NCC1CCCN(C)C1. The van der Waals surface area contributed by atoms with Gasteiger partial charge in [-0.1, -0.05) is 0 Å². The number of hydrogen-bond donors (Lipinski definition) is 3. The Balaban J connectivity index is 2.27. The van der Waals surface area contributed by atoms with Crippen molar-refractivity contribution in [1.29, 1.82) is 0 Å². The van der Waals surface area contributed by atoms with E-state index in [0.29, 0.717) is 11.9 Å². The summed E-state index contributed by atoms with van der Waals surface area (Å²) >= 11 is 0. The average Bonchev–Trinajstić information content (AvgIpc) is 2.37. The first-order valence-corrected chi connectivity index (χ1v) is 7.74. The smallest absolute Gasteiger partial charge is 0.239 e. The maximum absolute atomic E-state index is 11.8. The van der Waals surface area contributed by atoms with Crippen LogP contribution in [0.25, 0.3) is 0 Å². The van der Waals surface area contributed by atoms with Gasteiger partial charge >= 0.3 is 0 Å². The Morgan fingerprint density at radius 2 is 2.05 bits per heavy atom. The molecule has 1 unspecified atom stereocenters. The molecule has 0 aliphatic carbocycles. The van der Waals surface area contributed by atoms with Crippen LogP contribution in [0, 0.1) is 5.92 Å². The van der Waals surface area contributed by atoms with Crippen LogP contribution in [-0.4, -0.2) is 62.6 Å². The molecule has 0 saturated carbocycles. The minimum absolute atomic E-state index is 0.0251. The number of aliphatic imine (C=N–C) groups is 1. The van der Waals surface area contributed by atoms with Gasteiger partial charge < -0.3 is 20.9 Å². The van der Waals surface area contributed by atoms with Gasteiger partial charge in [0.1, 0.15) is 0 Å². The lowest BCUT2D eigenvalue weighted by Gasteiger charge is -2.30. The number of rotatable bonds is 4. The van der Waals surface area contributed by atoms with Crippen molar-refractivity contribution < 1.29 is 4.79 Å². The van der Waals surface area contributed by atoms with Gasteiger partial charge in [-0.3, -0.25) is 9.79 Å². The Morgan fingerprint density at radius 3 is 2.62 bits per heavy atom. The second kappa shape index (κ2) is 8.22. The van der Waals surface area contributed by atoms with Crippen molar-refractivity contribution in [3.63, 3.8) is 0 Å². The predicted molar refractivity (Wildman–Crippen MR) is 87.5 cm³/mol. The number of guanidine groups is 1. The van der Waals surface area contributed by atoms with Crippen LogP contribution in [-0.2, 0) is 4.79 Å². The van der Waals surface area contributed by atoms with Crippen molar-refractivity contribution in [3.8, 4) is 0 Å². The summed E-state index contributed by atoms with van der Waals surface area (Å²) in [6.45, 7) is 9.35. The van der Waals surface area contributed by atoms with Crippen LogP contribution in [0.1, 0.15) is 33.6 Å². The molecule has 21 heavy (non-hydrogen) atoms. The van der Waals surface area contributed by atoms with E-state index < -0.39 is 0 Å². The molecule has 1 amide bonds. The normalized spacial score (nSPS) is 21.0. The van der Waals surface area contributed by atoms with Crippen molar-refractivity contribution in [2.75, 3.05) is 40.3 Å². The summed E-state index contributed by atoms with van der Waals surface area (Å²) in [6.07, 6.45) is 2.50. The molecule has 1 atom stereocenters. The second-order valence-electron chi connectivity index (χ2n) is 6.88. The van der Waals surface area contributed by atoms with Gasteiger partial charge in [0.25, 0.3) is 0 Å². The van der Waals surface area contributed by atoms with E-state index >= 15 is 0 Å². The Kier molecular flexibility index (Phi) is 6.95. The largest absolute Gasteiger partial charge is 0.356 e. The van der Waals surface area contributed by atoms with Crippen LogP contribution in [0.3, 0.4) is 0 Å². The summed E-state index contributed by atoms with van der Waals surface area (Å²) < 4.78 is 0. The van der Waals surface area contributed by atoms with Crippen molar-refractivity contribution in [1.82, 2.24) is 20.9 Å². The van der Waals surface area contributed by atoms with Gasteiger partial charge in [-0.05, 0) is 53.1 Å². The molecule has 0 aromatic rings. The number of nitrogens with one attached hydrogen (secondary N) is 3. The molecule has 3 N–H and O–H groups in total. The molecule has 0 aromatic heterocycles. The fourth-order valence-corrected chi connectivity index (χ4v) is 2.53. The molecule has 1 heterocycles. The van der Waals surface area contributed by atoms with Crippen LogP contribution in [0.5, 0.6) is 0 Å². The van der Waals surface area contributed by atoms with Crippen molar-refractivity contribution in [3.05, 3.63) is 0 Å². The molecular formula is C15H31N5O. The molecule has 6 nitrogen and oxygen atoms in total. The van der Waals surface area contributed by atoms with Crippen LogP contribution >= 0.6 is 0 Å². The highest BCUT2D eigenvalue weighted by Gasteiger charge is 2.17. The molecule has 1 fully saturated rings. The third-order valence-corrected chi connectivity index (χ3v) is 3.43. The van der Waals surface area contributed by atoms with E-state index in [4.69, 9.17) is 0 Å². The van der Waals surface area contributed by atoms with Gasteiger partial charge in [-0.2, -0.15) is 0 Å². The standard InChI is InChI=1S/C15H31N5O/c1-15(2,3)19-13(21)10-18-14(16-4)17-9-12-7-6-8-20(5)11-12/h12H,6-11H2,1-5H3,(H,19,21)(H2,16,17,18). The summed E-state index contributed by atoms with van der Waals surface area (Å²) in [4.78, 5) is 18.3. The van der Waals surface area contributed by atoms with Gasteiger partial charge in [-0.25, -0.2) is 0 Å².